The van der Waals surface area contributed by atoms with E-state index in [9.17, 15) is 19.5 Å². The van der Waals surface area contributed by atoms with Crippen molar-refractivity contribution in [2.45, 2.75) is 159 Å². The van der Waals surface area contributed by atoms with Gasteiger partial charge in [-0.15, -0.1) is 16.4 Å². The fourth-order valence-electron chi connectivity index (χ4n) is 8.55. The highest BCUT2D eigenvalue weighted by Gasteiger charge is 2.59. The number of methoxy groups -OCH3 is 1. The van der Waals surface area contributed by atoms with Crippen molar-refractivity contribution in [1.29, 1.82) is 0 Å². The largest absolute Gasteiger partial charge is 0.455 e. The monoisotopic (exact) mass is 823 g/mol. The number of cyclic esters (lactones) is 1. The Kier molecular flexibility index (Phi) is 14.5. The molecular weight excluding hydrogens is 762 g/mol. The van der Waals surface area contributed by atoms with Gasteiger partial charge in [0.2, 0.25) is 0 Å². The van der Waals surface area contributed by atoms with Gasteiger partial charge in [-0.25, -0.2) is 19.0 Å². The summed E-state index contributed by atoms with van der Waals surface area (Å²) in [5, 5.41) is 26.0. The van der Waals surface area contributed by atoms with E-state index in [1.54, 1.807) is 36.5 Å². The number of halogens is 1. The number of alkyl halides is 1. The Hall–Kier alpha value is -3.13. The number of rotatable bonds is 11. The third-order valence-electron chi connectivity index (χ3n) is 12.0. The molecule has 18 heteroatoms. The Morgan fingerprint density at radius 3 is 2.51 bits per heavy atom. The maximum absolute atomic E-state index is 16.7. The number of carbonyl (C=O) groups is 3. The number of Topliss-reactive ketones (excluding diaryl/α,β-unsaturated/α-hetero) is 1. The standard InChI is InChI=1S/C39H62FN7O9S/c1-11-29-39(7)32(47(36(51)56-39)16-13-12-15-46-22-26(43-44-46)33-41-14-17-57-33)25(4)42-21-23(2)20-37(5,52-10)30(19-28(48)38(6,40)35(50)55-29)54-34-31(49)27(45(8)9)18-24(3)53-34/h14,17,22-25,27,29-32,34,42,49H,11-13,15-16,18-21H2,1-10H3/t23-,24-,25-,27?,29-,30-,31?,32-,34+,37-,38-,39-/m1/s1. The fraction of sp³-hybridized carbons (Fsp3) is 0.795. The average Bonchev–Trinajstić information content (AvgIpc) is 3.91. The number of thiazole rings is 1. The number of nitrogens with zero attached hydrogens (tertiary/aromatic N) is 6. The minimum Gasteiger partial charge on any atom is -0.455 e. The molecule has 0 bridgehead atoms. The Labute approximate surface area is 339 Å². The number of fused-ring (bicyclic) bond motifs is 1. The number of carbonyl (C=O) groups excluding carboxylic acids is 3. The van der Waals surface area contributed by atoms with E-state index in [-0.39, 0.29) is 30.5 Å². The molecule has 2 aromatic heterocycles. The zero-order chi connectivity index (χ0) is 41.9. The van der Waals surface area contributed by atoms with E-state index in [1.807, 2.05) is 51.3 Å². The average molecular weight is 824 g/mol. The Morgan fingerprint density at radius 2 is 1.86 bits per heavy atom. The first-order valence-corrected chi connectivity index (χ1v) is 20.9. The molecule has 1 amide bonds. The number of aliphatic hydroxyl groups excluding tert-OH is 1. The number of ketones is 1. The summed E-state index contributed by atoms with van der Waals surface area (Å²) >= 11 is 1.48. The molecule has 3 fully saturated rings. The minimum absolute atomic E-state index is 0.0966. The van der Waals surface area contributed by atoms with Crippen LogP contribution in [0.15, 0.2) is 17.8 Å². The predicted molar refractivity (Wildman–Crippen MR) is 209 cm³/mol. The lowest BCUT2D eigenvalue weighted by Gasteiger charge is -2.45. The SMILES string of the molecule is CC[C@H]1OC(=O)[C@](C)(F)C(=O)C[C@@H](O[C@@H]2O[C@H](C)CC(N(C)C)C2O)[C@](C)(OC)C[C@@H](C)CN[C@H](C)[C@H]2N(CCCCn3cc(-c4nccs4)nn3)C(=O)O[C@]12C. The molecule has 320 valence electrons. The molecule has 3 aliphatic rings. The molecule has 3 saturated heterocycles. The van der Waals surface area contributed by atoms with E-state index in [0.717, 1.165) is 11.9 Å². The number of esters is 1. The summed E-state index contributed by atoms with van der Waals surface area (Å²) in [5.41, 5.74) is -4.99. The van der Waals surface area contributed by atoms with Crippen molar-refractivity contribution in [2.24, 2.45) is 5.92 Å². The molecule has 3 aliphatic heterocycles. The summed E-state index contributed by atoms with van der Waals surface area (Å²) in [7, 11) is 5.19. The second-order valence-corrected chi connectivity index (χ2v) is 17.6. The number of aromatic nitrogens is 4. The molecule has 12 atom stereocenters. The highest BCUT2D eigenvalue weighted by atomic mass is 32.1. The van der Waals surface area contributed by atoms with Crippen molar-refractivity contribution in [3.8, 4) is 10.7 Å². The number of hydrogen-bond acceptors (Lipinski definition) is 15. The van der Waals surface area contributed by atoms with Crippen LogP contribution in [-0.2, 0) is 39.8 Å². The molecular formula is C39H62FN7O9S. The number of ether oxygens (including phenoxy) is 5. The van der Waals surface area contributed by atoms with Crippen molar-refractivity contribution in [3.63, 3.8) is 0 Å². The van der Waals surface area contributed by atoms with Gasteiger partial charge >= 0.3 is 12.1 Å². The van der Waals surface area contributed by atoms with E-state index < -0.39 is 71.8 Å². The fourth-order valence-corrected chi connectivity index (χ4v) is 9.13. The number of unbranched alkanes of at least 4 members (excludes halogenated alkanes) is 1. The maximum atomic E-state index is 16.7. The van der Waals surface area contributed by atoms with E-state index in [2.05, 4.69) is 20.6 Å². The molecule has 0 aliphatic carbocycles. The van der Waals surface area contributed by atoms with Gasteiger partial charge in [0.15, 0.2) is 17.7 Å². The molecule has 0 aromatic carbocycles. The topological polar surface area (TPSA) is 180 Å². The van der Waals surface area contributed by atoms with Crippen molar-refractivity contribution < 1.29 is 47.6 Å². The third-order valence-corrected chi connectivity index (χ3v) is 12.8. The molecule has 5 heterocycles. The Morgan fingerprint density at radius 1 is 1.14 bits per heavy atom. The van der Waals surface area contributed by atoms with Gasteiger partial charge < -0.3 is 39.0 Å². The highest BCUT2D eigenvalue weighted by molar-refractivity contribution is 7.13. The Bertz CT molecular complexity index is 1670. The van der Waals surface area contributed by atoms with Crippen LogP contribution < -0.4 is 5.32 Å². The number of aryl methyl sites for hydroxylation is 1. The summed E-state index contributed by atoms with van der Waals surface area (Å²) < 4.78 is 48.9. The zero-order valence-electron chi connectivity index (χ0n) is 35.0. The van der Waals surface area contributed by atoms with Crippen LogP contribution >= 0.6 is 11.3 Å². The van der Waals surface area contributed by atoms with Crippen LogP contribution in [0.1, 0.15) is 87.0 Å². The predicted octanol–water partition coefficient (Wildman–Crippen LogP) is 4.00. The molecule has 5 rings (SSSR count). The van der Waals surface area contributed by atoms with Crippen LogP contribution in [0.4, 0.5) is 9.18 Å². The molecule has 0 radical (unpaired) electrons. The van der Waals surface area contributed by atoms with Gasteiger partial charge in [-0.2, -0.15) is 0 Å². The molecule has 2 unspecified atom stereocenters. The van der Waals surface area contributed by atoms with Gasteiger partial charge in [-0.3, -0.25) is 14.4 Å². The Balaban J connectivity index is 1.39. The van der Waals surface area contributed by atoms with Crippen LogP contribution in [0.2, 0.25) is 0 Å². The van der Waals surface area contributed by atoms with Gasteiger partial charge in [0, 0.05) is 50.3 Å². The summed E-state index contributed by atoms with van der Waals surface area (Å²) in [6, 6.07) is -1.31. The summed E-state index contributed by atoms with van der Waals surface area (Å²) in [5.74, 6) is -2.57. The van der Waals surface area contributed by atoms with Crippen LogP contribution in [0.3, 0.4) is 0 Å². The number of nitrogens with one attached hydrogen (secondary N) is 1. The van der Waals surface area contributed by atoms with Gasteiger partial charge in [0.1, 0.15) is 22.9 Å². The van der Waals surface area contributed by atoms with Crippen molar-refractivity contribution in [3.05, 3.63) is 17.8 Å². The van der Waals surface area contributed by atoms with Gasteiger partial charge in [0.05, 0.1) is 30.0 Å². The first-order valence-electron chi connectivity index (χ1n) is 20.0. The zero-order valence-corrected chi connectivity index (χ0v) is 35.8. The molecule has 2 aromatic rings. The quantitative estimate of drug-likeness (QED) is 0.189. The third kappa shape index (κ3) is 9.85. The summed E-state index contributed by atoms with van der Waals surface area (Å²) in [6.07, 6.45) is 0.0451. The van der Waals surface area contributed by atoms with E-state index in [1.165, 1.54) is 18.4 Å². The molecule has 16 nitrogen and oxygen atoms in total. The van der Waals surface area contributed by atoms with Crippen molar-refractivity contribution >= 4 is 29.2 Å². The molecule has 0 saturated carbocycles. The lowest BCUT2D eigenvalue weighted by molar-refractivity contribution is -0.289. The minimum atomic E-state index is -3.10. The van der Waals surface area contributed by atoms with Crippen LogP contribution in [0, 0.1) is 5.92 Å². The maximum Gasteiger partial charge on any atom is 0.410 e. The lowest BCUT2D eigenvalue weighted by Crippen LogP contribution is -2.61. The highest BCUT2D eigenvalue weighted by Crippen LogP contribution is 2.40. The number of likely N-dealkylation sites (N-methyl/N-ethyl adjacent to an activating group) is 1. The van der Waals surface area contributed by atoms with Crippen LogP contribution in [0.25, 0.3) is 10.7 Å². The van der Waals surface area contributed by atoms with Gasteiger partial charge in [0.25, 0.3) is 5.67 Å². The second-order valence-electron chi connectivity index (χ2n) is 16.8. The van der Waals surface area contributed by atoms with E-state index >= 15 is 4.39 Å². The smallest absolute Gasteiger partial charge is 0.410 e. The van der Waals surface area contributed by atoms with Crippen molar-refractivity contribution in [2.75, 3.05) is 34.3 Å². The molecule has 0 spiro atoms. The summed E-state index contributed by atoms with van der Waals surface area (Å²) in [4.78, 5) is 49.3. The van der Waals surface area contributed by atoms with Crippen molar-refractivity contribution in [1.82, 2.24) is 35.1 Å². The molecule has 2 N–H and O–H groups in total. The summed E-state index contributed by atoms with van der Waals surface area (Å²) in [6.45, 7) is 13.3. The lowest BCUT2D eigenvalue weighted by atomic mass is 9.83. The molecule has 57 heavy (non-hydrogen) atoms. The van der Waals surface area contributed by atoms with Gasteiger partial charge in [-0.05, 0) is 93.3 Å². The first-order chi connectivity index (χ1) is 26.8. The van der Waals surface area contributed by atoms with Crippen LogP contribution in [0.5, 0.6) is 0 Å². The van der Waals surface area contributed by atoms with E-state index in [4.69, 9.17) is 23.7 Å². The normalized spacial score (nSPS) is 37.4. The number of hydrogen-bond donors (Lipinski definition) is 2. The first kappa shape index (κ1) is 45.0. The number of aliphatic hydroxyl groups is 1. The van der Waals surface area contributed by atoms with Gasteiger partial charge in [-0.1, -0.05) is 19.1 Å². The number of amides is 1. The van der Waals surface area contributed by atoms with E-state index in [0.29, 0.717) is 51.0 Å². The second kappa shape index (κ2) is 18.4. The van der Waals surface area contributed by atoms with Crippen LogP contribution in [-0.4, -0.2) is 153 Å².